The van der Waals surface area contributed by atoms with Crippen LogP contribution in [0.1, 0.15) is 42.7 Å². The van der Waals surface area contributed by atoms with Gasteiger partial charge in [-0.15, -0.1) is 0 Å². The van der Waals surface area contributed by atoms with E-state index in [-0.39, 0.29) is 5.91 Å². The molecule has 1 aliphatic heterocycles. The maximum absolute atomic E-state index is 12.9. The summed E-state index contributed by atoms with van der Waals surface area (Å²) < 4.78 is 10.8. The van der Waals surface area contributed by atoms with Crippen molar-refractivity contribution in [3.8, 4) is 11.5 Å². The Balaban J connectivity index is 1.34. The second-order valence-electron chi connectivity index (χ2n) is 8.01. The molecule has 5 heteroatoms. The molecular weight excluding hydrogens is 376 g/mol. The molecule has 1 N–H and O–H groups in total. The molecule has 0 radical (unpaired) electrons. The Hall–Kier alpha value is -2.95. The fourth-order valence-electron chi connectivity index (χ4n) is 4.51. The number of methoxy groups -OCH3 is 2. The predicted molar refractivity (Wildman–Crippen MR) is 119 cm³/mol. The van der Waals surface area contributed by atoms with Gasteiger partial charge in [0.15, 0.2) is 11.5 Å². The number of carbonyl (C=O) groups excluding carboxylic acids is 1. The van der Waals surface area contributed by atoms with Crippen LogP contribution in [0.4, 0.5) is 0 Å². The zero-order valence-corrected chi connectivity index (χ0v) is 17.8. The van der Waals surface area contributed by atoms with Crippen molar-refractivity contribution in [2.75, 3.05) is 27.3 Å². The molecule has 1 fully saturated rings. The van der Waals surface area contributed by atoms with Crippen molar-refractivity contribution in [3.05, 3.63) is 59.8 Å². The maximum Gasteiger partial charge on any atom is 0.222 e. The van der Waals surface area contributed by atoms with Crippen LogP contribution in [0.25, 0.3) is 10.9 Å². The third-order valence-corrected chi connectivity index (χ3v) is 6.16. The second kappa shape index (κ2) is 9.24. The van der Waals surface area contributed by atoms with Crippen molar-refractivity contribution in [2.45, 2.75) is 38.0 Å². The monoisotopic (exact) mass is 406 g/mol. The number of aryl methyl sites for hydroxylation is 1. The van der Waals surface area contributed by atoms with Crippen LogP contribution in [-0.2, 0) is 11.2 Å². The summed E-state index contributed by atoms with van der Waals surface area (Å²) in [5, 5.41) is 1.26. The lowest BCUT2D eigenvalue weighted by molar-refractivity contribution is -0.132. The van der Waals surface area contributed by atoms with Crippen molar-refractivity contribution in [2.24, 2.45) is 0 Å². The van der Waals surface area contributed by atoms with E-state index in [4.69, 9.17) is 9.47 Å². The van der Waals surface area contributed by atoms with Crippen LogP contribution in [0, 0.1) is 0 Å². The first-order chi connectivity index (χ1) is 14.7. The molecule has 2 heterocycles. The molecule has 1 unspecified atom stereocenters. The summed E-state index contributed by atoms with van der Waals surface area (Å²) in [5.74, 6) is 2.09. The highest BCUT2D eigenvalue weighted by molar-refractivity contribution is 5.83. The number of fused-ring (bicyclic) bond motifs is 1. The molecule has 1 amide bonds. The molecule has 0 saturated carbocycles. The standard InChI is InChI=1S/C25H30N2O3/c1-29-23-13-12-18(15-24(23)30-2)20-8-6-14-27(17-20)25(28)11-5-7-19-16-26-22-10-4-3-9-21(19)22/h3-4,9-10,12-13,15-16,20,26H,5-8,11,14,17H2,1-2H3. The van der Waals surface area contributed by atoms with Crippen LogP contribution in [0.5, 0.6) is 11.5 Å². The average Bonchev–Trinajstić information content (AvgIpc) is 3.21. The summed E-state index contributed by atoms with van der Waals surface area (Å²) in [6.07, 6.45) is 6.59. The van der Waals surface area contributed by atoms with Crippen molar-refractivity contribution >= 4 is 16.8 Å². The van der Waals surface area contributed by atoms with Gasteiger partial charge in [0, 0.05) is 42.5 Å². The number of nitrogens with one attached hydrogen (secondary N) is 1. The minimum atomic E-state index is 0.264. The number of piperidine rings is 1. The zero-order chi connectivity index (χ0) is 20.9. The van der Waals surface area contributed by atoms with Crippen molar-refractivity contribution < 1.29 is 14.3 Å². The van der Waals surface area contributed by atoms with Crippen molar-refractivity contribution in [1.29, 1.82) is 0 Å². The summed E-state index contributed by atoms with van der Waals surface area (Å²) in [6.45, 7) is 1.64. The number of para-hydroxylation sites is 1. The van der Waals surface area contributed by atoms with E-state index in [1.807, 2.05) is 17.0 Å². The number of aromatic amines is 1. The summed E-state index contributed by atoms with van der Waals surface area (Å²) in [4.78, 5) is 18.2. The molecular formula is C25H30N2O3. The molecule has 1 aliphatic rings. The van der Waals surface area contributed by atoms with E-state index < -0.39 is 0 Å². The highest BCUT2D eigenvalue weighted by Gasteiger charge is 2.25. The Morgan fingerprint density at radius 2 is 1.97 bits per heavy atom. The molecule has 1 atom stereocenters. The SMILES string of the molecule is COc1ccc(C2CCCN(C(=O)CCCc3c[nH]c4ccccc34)C2)cc1OC. The first kappa shape index (κ1) is 20.3. The van der Waals surface area contributed by atoms with E-state index in [1.165, 1.54) is 16.5 Å². The number of amides is 1. The lowest BCUT2D eigenvalue weighted by Crippen LogP contribution is -2.39. The molecule has 1 saturated heterocycles. The number of benzene rings is 2. The van der Waals surface area contributed by atoms with E-state index in [2.05, 4.69) is 41.5 Å². The van der Waals surface area contributed by atoms with Gasteiger partial charge in [-0.3, -0.25) is 4.79 Å². The van der Waals surface area contributed by atoms with Gasteiger partial charge in [-0.25, -0.2) is 0 Å². The fraction of sp³-hybridized carbons (Fsp3) is 0.400. The molecule has 0 bridgehead atoms. The summed E-state index contributed by atoms with van der Waals surface area (Å²) >= 11 is 0. The highest BCUT2D eigenvalue weighted by atomic mass is 16.5. The van der Waals surface area contributed by atoms with Crippen LogP contribution < -0.4 is 9.47 Å². The normalized spacial score (nSPS) is 16.6. The minimum absolute atomic E-state index is 0.264. The fourth-order valence-corrected chi connectivity index (χ4v) is 4.51. The van der Waals surface area contributed by atoms with Gasteiger partial charge in [0.2, 0.25) is 5.91 Å². The number of hydrogen-bond acceptors (Lipinski definition) is 3. The van der Waals surface area contributed by atoms with Crippen molar-refractivity contribution in [1.82, 2.24) is 9.88 Å². The Morgan fingerprint density at radius 3 is 2.80 bits per heavy atom. The van der Waals surface area contributed by atoms with E-state index >= 15 is 0 Å². The molecule has 5 nitrogen and oxygen atoms in total. The molecule has 1 aromatic heterocycles. The Kier molecular flexibility index (Phi) is 6.26. The van der Waals surface area contributed by atoms with E-state index in [0.29, 0.717) is 12.3 Å². The lowest BCUT2D eigenvalue weighted by atomic mass is 9.90. The Bertz CT molecular complexity index is 1010. The smallest absolute Gasteiger partial charge is 0.222 e. The van der Waals surface area contributed by atoms with Gasteiger partial charge in [-0.1, -0.05) is 24.3 Å². The first-order valence-corrected chi connectivity index (χ1v) is 10.7. The number of rotatable bonds is 7. The number of nitrogens with zero attached hydrogens (tertiary/aromatic N) is 1. The number of likely N-dealkylation sites (tertiary alicyclic amines) is 1. The van der Waals surface area contributed by atoms with Gasteiger partial charge in [0.25, 0.3) is 0 Å². The number of H-pyrrole nitrogens is 1. The Morgan fingerprint density at radius 1 is 1.13 bits per heavy atom. The van der Waals surface area contributed by atoms with Gasteiger partial charge in [-0.2, -0.15) is 0 Å². The van der Waals surface area contributed by atoms with Gasteiger partial charge in [0.1, 0.15) is 0 Å². The lowest BCUT2D eigenvalue weighted by Gasteiger charge is -2.33. The third kappa shape index (κ3) is 4.30. The predicted octanol–water partition coefficient (Wildman–Crippen LogP) is 4.91. The average molecular weight is 407 g/mol. The van der Waals surface area contributed by atoms with Crippen LogP contribution in [0.3, 0.4) is 0 Å². The van der Waals surface area contributed by atoms with Gasteiger partial charge in [0.05, 0.1) is 14.2 Å². The van der Waals surface area contributed by atoms with E-state index in [1.54, 1.807) is 14.2 Å². The molecule has 2 aromatic carbocycles. The summed E-state index contributed by atoms with van der Waals surface area (Å²) in [7, 11) is 3.31. The number of hydrogen-bond donors (Lipinski definition) is 1. The molecule has 0 aliphatic carbocycles. The highest BCUT2D eigenvalue weighted by Crippen LogP contribution is 2.34. The Labute approximate surface area is 178 Å². The summed E-state index contributed by atoms with van der Waals surface area (Å²) in [5.41, 5.74) is 3.66. The quantitative estimate of drug-likeness (QED) is 0.606. The molecule has 30 heavy (non-hydrogen) atoms. The molecule has 4 rings (SSSR count). The van der Waals surface area contributed by atoms with Crippen LogP contribution in [0.2, 0.25) is 0 Å². The summed E-state index contributed by atoms with van der Waals surface area (Å²) in [6, 6.07) is 14.4. The first-order valence-electron chi connectivity index (χ1n) is 10.7. The van der Waals surface area contributed by atoms with Crippen LogP contribution >= 0.6 is 0 Å². The molecule has 158 valence electrons. The minimum Gasteiger partial charge on any atom is -0.493 e. The number of ether oxygens (including phenoxy) is 2. The third-order valence-electron chi connectivity index (χ3n) is 6.16. The van der Waals surface area contributed by atoms with Crippen LogP contribution in [0.15, 0.2) is 48.7 Å². The second-order valence-corrected chi connectivity index (χ2v) is 8.01. The number of aromatic nitrogens is 1. The molecule has 0 spiro atoms. The van der Waals surface area contributed by atoms with Gasteiger partial charge < -0.3 is 19.4 Å². The number of carbonyl (C=O) groups is 1. The van der Waals surface area contributed by atoms with E-state index in [9.17, 15) is 4.79 Å². The van der Waals surface area contributed by atoms with Gasteiger partial charge >= 0.3 is 0 Å². The van der Waals surface area contributed by atoms with Crippen molar-refractivity contribution in [3.63, 3.8) is 0 Å². The van der Waals surface area contributed by atoms with Gasteiger partial charge in [-0.05, 0) is 55.0 Å². The topological polar surface area (TPSA) is 54.6 Å². The maximum atomic E-state index is 12.9. The van der Waals surface area contributed by atoms with E-state index in [0.717, 1.165) is 55.8 Å². The zero-order valence-electron chi connectivity index (χ0n) is 17.8. The van der Waals surface area contributed by atoms with Crippen LogP contribution in [-0.4, -0.2) is 43.1 Å². The molecule has 3 aromatic rings. The largest absolute Gasteiger partial charge is 0.493 e.